The van der Waals surface area contributed by atoms with E-state index in [1.165, 1.54) is 19.5 Å². The van der Waals surface area contributed by atoms with Gasteiger partial charge in [0.1, 0.15) is 0 Å². The van der Waals surface area contributed by atoms with Crippen LogP contribution in [0.4, 0.5) is 4.79 Å². The van der Waals surface area contributed by atoms with E-state index >= 15 is 0 Å². The minimum atomic E-state index is -0.919. The Kier molecular flexibility index (Phi) is 5.89. The molecule has 0 aromatic heterocycles. The summed E-state index contributed by atoms with van der Waals surface area (Å²) in [4.78, 5) is 13.0. The largest absolute Gasteiger partial charge is 0.465 e. The van der Waals surface area contributed by atoms with Crippen LogP contribution < -0.4 is 10.6 Å². The van der Waals surface area contributed by atoms with Crippen molar-refractivity contribution in [3.63, 3.8) is 0 Å². The van der Waals surface area contributed by atoms with Gasteiger partial charge in [-0.3, -0.25) is 4.90 Å². The van der Waals surface area contributed by atoms with Crippen molar-refractivity contribution >= 4 is 18.5 Å². The standard InChI is InChI=1S/C13H25N3O2.ClH/c1-10(2)11(3-5-15-12(17)18)16-8-13(9-16)4-6-14-7-13;/h10-11,14-15H,3-9H2,1-2H3,(H,17,18);1H. The summed E-state index contributed by atoms with van der Waals surface area (Å²) < 4.78 is 0. The molecule has 2 fully saturated rings. The molecule has 0 aliphatic carbocycles. The van der Waals surface area contributed by atoms with Gasteiger partial charge in [0.2, 0.25) is 0 Å². The molecule has 3 N–H and O–H groups in total. The number of carbonyl (C=O) groups is 1. The maximum Gasteiger partial charge on any atom is 0.404 e. The lowest BCUT2D eigenvalue weighted by Gasteiger charge is -2.52. The molecule has 2 saturated heterocycles. The summed E-state index contributed by atoms with van der Waals surface area (Å²) >= 11 is 0. The Morgan fingerprint density at radius 3 is 2.63 bits per heavy atom. The lowest BCUT2D eigenvalue weighted by atomic mass is 9.76. The third-order valence-corrected chi connectivity index (χ3v) is 4.36. The molecular formula is C13H26ClN3O2. The van der Waals surface area contributed by atoms with Crippen molar-refractivity contribution in [2.24, 2.45) is 11.3 Å². The third-order valence-electron chi connectivity index (χ3n) is 4.36. The van der Waals surface area contributed by atoms with Crippen LogP contribution in [0.25, 0.3) is 0 Å². The molecule has 0 aromatic carbocycles. The molecule has 0 bridgehead atoms. The van der Waals surface area contributed by atoms with Crippen molar-refractivity contribution in [2.75, 3.05) is 32.7 Å². The molecule has 6 heteroatoms. The summed E-state index contributed by atoms with van der Waals surface area (Å²) in [5.74, 6) is 0.576. The Balaban J connectivity index is 0.00000180. The Bertz CT molecular complexity index is 298. The summed E-state index contributed by atoms with van der Waals surface area (Å²) in [5, 5.41) is 14.5. The average Bonchev–Trinajstić information content (AvgIpc) is 2.70. The van der Waals surface area contributed by atoms with Gasteiger partial charge in [-0.25, -0.2) is 4.79 Å². The summed E-state index contributed by atoms with van der Waals surface area (Å²) in [6.45, 7) is 9.67. The molecule has 2 rings (SSSR count). The number of rotatable bonds is 5. The van der Waals surface area contributed by atoms with Gasteiger partial charge in [-0.2, -0.15) is 0 Å². The van der Waals surface area contributed by atoms with Crippen LogP contribution in [-0.4, -0.2) is 54.9 Å². The number of halogens is 1. The van der Waals surface area contributed by atoms with Crippen LogP contribution in [0.2, 0.25) is 0 Å². The van der Waals surface area contributed by atoms with Crippen molar-refractivity contribution in [2.45, 2.75) is 32.7 Å². The fourth-order valence-corrected chi connectivity index (χ4v) is 3.38. The van der Waals surface area contributed by atoms with Crippen LogP contribution in [0.5, 0.6) is 0 Å². The van der Waals surface area contributed by atoms with Crippen LogP contribution >= 0.6 is 12.4 Å². The summed E-state index contributed by atoms with van der Waals surface area (Å²) in [6.07, 6.45) is 1.28. The number of amides is 1. The average molecular weight is 292 g/mol. The first-order valence-electron chi connectivity index (χ1n) is 6.94. The van der Waals surface area contributed by atoms with E-state index < -0.39 is 6.09 Å². The molecular weight excluding hydrogens is 266 g/mol. The van der Waals surface area contributed by atoms with Crippen LogP contribution in [0.1, 0.15) is 26.7 Å². The fourth-order valence-electron chi connectivity index (χ4n) is 3.38. The van der Waals surface area contributed by atoms with Gasteiger partial charge in [-0.1, -0.05) is 13.8 Å². The highest BCUT2D eigenvalue weighted by molar-refractivity contribution is 5.85. The fraction of sp³-hybridized carbons (Fsp3) is 0.923. The summed E-state index contributed by atoms with van der Waals surface area (Å²) in [6, 6.07) is 0.503. The molecule has 0 aromatic rings. The predicted molar refractivity (Wildman–Crippen MR) is 78.0 cm³/mol. The molecule has 2 heterocycles. The smallest absolute Gasteiger partial charge is 0.404 e. The Hall–Kier alpha value is -0.520. The van der Waals surface area contributed by atoms with E-state index in [0.29, 0.717) is 23.9 Å². The molecule has 19 heavy (non-hydrogen) atoms. The highest BCUT2D eigenvalue weighted by Gasteiger charge is 2.47. The van der Waals surface area contributed by atoms with Crippen molar-refractivity contribution in [3.05, 3.63) is 0 Å². The molecule has 1 amide bonds. The number of carboxylic acid groups (broad SMARTS) is 1. The first-order chi connectivity index (χ1) is 8.52. The van der Waals surface area contributed by atoms with Crippen molar-refractivity contribution in [1.82, 2.24) is 15.5 Å². The molecule has 1 spiro atoms. The molecule has 0 radical (unpaired) electrons. The Morgan fingerprint density at radius 2 is 2.16 bits per heavy atom. The zero-order chi connectivity index (χ0) is 13.2. The minimum absolute atomic E-state index is 0. The zero-order valence-electron chi connectivity index (χ0n) is 11.8. The monoisotopic (exact) mass is 291 g/mol. The van der Waals surface area contributed by atoms with E-state index in [-0.39, 0.29) is 12.4 Å². The highest BCUT2D eigenvalue weighted by Crippen LogP contribution is 2.38. The van der Waals surface area contributed by atoms with Gasteiger partial charge in [-0.15, -0.1) is 12.4 Å². The van der Waals surface area contributed by atoms with Gasteiger partial charge in [0.15, 0.2) is 0 Å². The number of likely N-dealkylation sites (tertiary alicyclic amines) is 1. The second-order valence-corrected chi connectivity index (χ2v) is 6.16. The second kappa shape index (κ2) is 6.77. The first kappa shape index (κ1) is 16.5. The molecule has 5 nitrogen and oxygen atoms in total. The van der Waals surface area contributed by atoms with E-state index in [9.17, 15) is 4.79 Å². The van der Waals surface area contributed by atoms with Crippen molar-refractivity contribution < 1.29 is 9.90 Å². The lowest BCUT2D eigenvalue weighted by molar-refractivity contribution is -0.0341. The van der Waals surface area contributed by atoms with Crippen LogP contribution in [0.15, 0.2) is 0 Å². The van der Waals surface area contributed by atoms with Crippen LogP contribution in [-0.2, 0) is 0 Å². The van der Waals surface area contributed by atoms with Gasteiger partial charge < -0.3 is 15.7 Å². The first-order valence-corrected chi connectivity index (χ1v) is 6.94. The number of hydrogen-bond donors (Lipinski definition) is 3. The third kappa shape index (κ3) is 3.97. The molecule has 0 saturated carbocycles. The van der Waals surface area contributed by atoms with E-state index in [1.54, 1.807) is 0 Å². The zero-order valence-corrected chi connectivity index (χ0v) is 12.6. The molecule has 112 valence electrons. The van der Waals surface area contributed by atoms with Crippen LogP contribution in [0, 0.1) is 11.3 Å². The van der Waals surface area contributed by atoms with Gasteiger partial charge in [0.05, 0.1) is 0 Å². The van der Waals surface area contributed by atoms with Crippen LogP contribution in [0.3, 0.4) is 0 Å². The van der Waals surface area contributed by atoms with E-state index in [4.69, 9.17) is 5.11 Å². The van der Waals surface area contributed by atoms with Crippen molar-refractivity contribution in [1.29, 1.82) is 0 Å². The molecule has 1 unspecified atom stereocenters. The number of hydrogen-bond acceptors (Lipinski definition) is 3. The lowest BCUT2D eigenvalue weighted by Crippen LogP contribution is -2.62. The molecule has 2 aliphatic heterocycles. The Morgan fingerprint density at radius 1 is 1.47 bits per heavy atom. The second-order valence-electron chi connectivity index (χ2n) is 6.16. The summed E-state index contributed by atoms with van der Waals surface area (Å²) in [7, 11) is 0. The summed E-state index contributed by atoms with van der Waals surface area (Å²) in [5.41, 5.74) is 0.521. The van der Waals surface area contributed by atoms with Gasteiger partial charge in [0.25, 0.3) is 0 Å². The van der Waals surface area contributed by atoms with Crippen molar-refractivity contribution in [3.8, 4) is 0 Å². The normalized spacial score (nSPS) is 22.9. The minimum Gasteiger partial charge on any atom is -0.465 e. The number of nitrogens with zero attached hydrogens (tertiary/aromatic N) is 1. The predicted octanol–water partition coefficient (Wildman–Crippen LogP) is 1.39. The quantitative estimate of drug-likeness (QED) is 0.716. The highest BCUT2D eigenvalue weighted by atomic mass is 35.5. The molecule has 1 atom stereocenters. The van der Waals surface area contributed by atoms with Gasteiger partial charge >= 0.3 is 6.09 Å². The SMILES string of the molecule is CC(C)C(CCNC(=O)O)N1CC2(CCNC2)C1.Cl. The van der Waals surface area contributed by atoms with Gasteiger partial charge in [-0.05, 0) is 25.3 Å². The van der Waals surface area contributed by atoms with E-state index in [2.05, 4.69) is 29.4 Å². The van der Waals surface area contributed by atoms with Gasteiger partial charge in [0, 0.05) is 37.6 Å². The topological polar surface area (TPSA) is 64.6 Å². The Labute approximate surface area is 121 Å². The van der Waals surface area contributed by atoms with E-state index in [0.717, 1.165) is 19.5 Å². The number of nitrogens with one attached hydrogen (secondary N) is 2. The maximum absolute atomic E-state index is 10.5. The maximum atomic E-state index is 10.5. The van der Waals surface area contributed by atoms with E-state index in [1.807, 2.05) is 0 Å². The molecule has 2 aliphatic rings.